The molecule has 21 heavy (non-hydrogen) atoms. The maximum Gasteiger partial charge on any atom is 0.280 e. The quantitative estimate of drug-likeness (QED) is 0.503. The Balaban J connectivity index is 2.29. The van der Waals surface area contributed by atoms with Crippen molar-refractivity contribution in [1.82, 2.24) is 19.5 Å². The number of fused-ring (bicyclic) bond motifs is 1. The van der Waals surface area contributed by atoms with Crippen LogP contribution in [0.3, 0.4) is 0 Å². The summed E-state index contributed by atoms with van der Waals surface area (Å²) in [5, 5.41) is 19.9. The van der Waals surface area contributed by atoms with Crippen molar-refractivity contribution in [2.75, 3.05) is 18.5 Å². The number of nitrogens with one attached hydrogen (secondary N) is 2. The van der Waals surface area contributed by atoms with Gasteiger partial charge >= 0.3 is 0 Å². The number of amides is 1. The third-order valence-electron chi connectivity index (χ3n) is 2.56. The first kappa shape index (κ1) is 11.4. The van der Waals surface area contributed by atoms with Gasteiger partial charge in [-0.25, -0.2) is 4.98 Å². The Labute approximate surface area is 122 Å². The molecule has 0 aliphatic carbocycles. The molecule has 0 saturated heterocycles. The Morgan fingerprint density at radius 2 is 2.38 bits per heavy atom. The molecule has 0 bridgehead atoms. The molecule has 2 heterocycles. The first-order valence-corrected chi connectivity index (χ1v) is 5.86. The number of imidazole rings is 1. The van der Waals surface area contributed by atoms with E-state index in [1.807, 2.05) is 5.32 Å². The summed E-state index contributed by atoms with van der Waals surface area (Å²) in [4.78, 5) is 33.4. The van der Waals surface area contributed by atoms with Crippen LogP contribution >= 0.6 is 0 Å². The van der Waals surface area contributed by atoms with Crippen LogP contribution in [0.15, 0.2) is 11.1 Å². The van der Waals surface area contributed by atoms with Crippen molar-refractivity contribution in [3.05, 3.63) is 16.7 Å². The number of aliphatic hydroxyl groups excluding tert-OH is 2. The van der Waals surface area contributed by atoms with Crippen molar-refractivity contribution in [3.63, 3.8) is 0 Å². The Bertz CT molecular complexity index is 782. The summed E-state index contributed by atoms with van der Waals surface area (Å²) < 4.78 is 27.5. The Morgan fingerprint density at radius 3 is 3.05 bits per heavy atom. The van der Waals surface area contributed by atoms with Gasteiger partial charge in [-0.05, 0) is 0 Å². The molecule has 2 rings (SSSR count). The highest BCUT2D eigenvalue weighted by Gasteiger charge is 2.12. The lowest BCUT2D eigenvalue weighted by Crippen LogP contribution is -2.23. The molecule has 0 saturated carbocycles. The van der Waals surface area contributed by atoms with E-state index >= 15 is 0 Å². The normalized spacial score (nSPS) is 14.0. The monoisotopic (exact) mass is 300 g/mol. The minimum Gasteiger partial charge on any atom is -0.394 e. The summed E-state index contributed by atoms with van der Waals surface area (Å²) in [6, 6.07) is 0. The Kier molecular flexibility index (Phi) is 3.48. The number of carbonyl (C=O) groups excluding carboxylic acids is 1. The summed E-state index contributed by atoms with van der Waals surface area (Å²) >= 11 is 0. The molecule has 2 aromatic rings. The van der Waals surface area contributed by atoms with E-state index in [0.717, 1.165) is 0 Å². The number of hydrogen-bond donors (Lipinski definition) is 4. The molecule has 0 aromatic carbocycles. The molecule has 0 aliphatic rings. The van der Waals surface area contributed by atoms with Crippen LogP contribution in [0, 0.1) is 0 Å². The van der Waals surface area contributed by atoms with Crippen molar-refractivity contribution >= 4 is 23.0 Å². The number of aromatic amines is 1. The fraction of sp³-hybridized carbons (Fsp3) is 0.455. The number of ether oxygens (including phenoxy) is 1. The highest BCUT2D eigenvalue weighted by molar-refractivity contribution is 5.87. The predicted octanol–water partition coefficient (Wildman–Crippen LogP) is -1.59. The molecule has 0 atom stereocenters. The predicted molar refractivity (Wildman–Crippen MR) is 71.5 cm³/mol. The van der Waals surface area contributed by atoms with Crippen LogP contribution in [0.2, 0.25) is 0 Å². The number of hydrogen-bond acceptors (Lipinski definition) is 7. The van der Waals surface area contributed by atoms with Crippen molar-refractivity contribution in [3.8, 4) is 0 Å². The van der Waals surface area contributed by atoms with Gasteiger partial charge in [-0.2, -0.15) is 4.98 Å². The smallest absolute Gasteiger partial charge is 0.280 e. The summed E-state index contributed by atoms with van der Waals surface area (Å²) in [5.41, 5.74) is -0.690. The first-order chi connectivity index (χ1) is 11.3. The third-order valence-corrected chi connectivity index (χ3v) is 2.56. The van der Waals surface area contributed by atoms with Crippen molar-refractivity contribution in [1.29, 1.82) is 0 Å². The van der Waals surface area contributed by atoms with Gasteiger partial charge in [0.05, 0.1) is 19.5 Å². The number of aliphatic hydroxyl groups is 2. The fourth-order valence-corrected chi connectivity index (χ4v) is 1.56. The second kappa shape index (κ2) is 6.43. The van der Waals surface area contributed by atoms with Crippen LogP contribution in [0.1, 0.15) is 11.0 Å². The Hall–Kier alpha value is -2.30. The maximum absolute atomic E-state index is 11.9. The van der Waals surface area contributed by atoms with Crippen LogP contribution < -0.4 is 10.9 Å². The standard InChI is InChI=1S/C11H15N5O5/c1-6(19)13-11-14-9-8(10(20)15-11)12-4-16(9)5-21-7(2-17)3-18/h4,7,17-18H,2-3,5H2,1H3,(H2,13,14,15,19,20)/i1D3. The minimum absolute atomic E-state index is 0.0363. The molecule has 1 amide bonds. The van der Waals surface area contributed by atoms with Gasteiger partial charge in [0.2, 0.25) is 11.9 Å². The molecule has 114 valence electrons. The van der Waals surface area contributed by atoms with E-state index < -0.39 is 37.6 Å². The number of carbonyl (C=O) groups is 1. The average molecular weight is 300 g/mol. The molecule has 0 radical (unpaired) electrons. The van der Waals surface area contributed by atoms with Crippen LogP contribution in [-0.4, -0.2) is 55.0 Å². The third kappa shape index (κ3) is 3.42. The zero-order valence-corrected chi connectivity index (χ0v) is 10.7. The van der Waals surface area contributed by atoms with E-state index in [2.05, 4.69) is 15.0 Å². The number of nitrogens with zero attached hydrogens (tertiary/aromatic N) is 3. The lowest BCUT2D eigenvalue weighted by Gasteiger charge is -2.13. The zero-order chi connectivity index (χ0) is 17.9. The number of anilines is 1. The van der Waals surface area contributed by atoms with Gasteiger partial charge in [0.15, 0.2) is 11.2 Å². The first-order valence-electron chi connectivity index (χ1n) is 7.36. The molecule has 0 fully saturated rings. The van der Waals surface area contributed by atoms with Crippen molar-refractivity contribution in [2.24, 2.45) is 0 Å². The molecule has 2 aromatic heterocycles. The van der Waals surface area contributed by atoms with Crippen molar-refractivity contribution in [2.45, 2.75) is 19.7 Å². The average Bonchev–Trinajstić information content (AvgIpc) is 2.91. The van der Waals surface area contributed by atoms with E-state index in [-0.39, 0.29) is 23.8 Å². The van der Waals surface area contributed by atoms with Crippen LogP contribution in [-0.2, 0) is 16.3 Å². The maximum atomic E-state index is 11.9. The van der Waals surface area contributed by atoms with Gasteiger partial charge in [-0.15, -0.1) is 0 Å². The molecule has 0 aliphatic heterocycles. The van der Waals surface area contributed by atoms with E-state index in [0.29, 0.717) is 0 Å². The largest absolute Gasteiger partial charge is 0.394 e. The minimum atomic E-state index is -2.90. The van der Waals surface area contributed by atoms with Gasteiger partial charge in [-0.3, -0.25) is 24.5 Å². The van der Waals surface area contributed by atoms with Gasteiger partial charge in [-0.1, -0.05) is 0 Å². The summed E-state index contributed by atoms with van der Waals surface area (Å²) in [6.45, 7) is -3.88. The highest BCUT2D eigenvalue weighted by atomic mass is 16.5. The number of rotatable bonds is 6. The second-order valence-corrected chi connectivity index (χ2v) is 4.04. The molecule has 0 spiro atoms. The van der Waals surface area contributed by atoms with E-state index in [9.17, 15) is 9.59 Å². The van der Waals surface area contributed by atoms with E-state index in [1.54, 1.807) is 0 Å². The van der Waals surface area contributed by atoms with Gasteiger partial charge in [0.25, 0.3) is 5.56 Å². The molecule has 10 heteroatoms. The molecular weight excluding hydrogens is 282 g/mol. The number of H-pyrrole nitrogens is 1. The summed E-state index contributed by atoms with van der Waals surface area (Å²) in [7, 11) is 0. The molecule has 0 unspecified atom stereocenters. The summed E-state index contributed by atoms with van der Waals surface area (Å²) in [6.07, 6.45) is 0.424. The van der Waals surface area contributed by atoms with Gasteiger partial charge < -0.3 is 14.9 Å². The molecular formula is C11H15N5O5. The van der Waals surface area contributed by atoms with Gasteiger partial charge in [0, 0.05) is 11.0 Å². The zero-order valence-electron chi connectivity index (χ0n) is 13.7. The SMILES string of the molecule is [2H]C([2H])([2H])C(=O)Nc1nc2c(ncn2COC(CO)CO)c(=O)[nH]1. The lowest BCUT2D eigenvalue weighted by atomic mass is 10.4. The van der Waals surface area contributed by atoms with Crippen LogP contribution in [0.25, 0.3) is 11.2 Å². The molecule has 10 nitrogen and oxygen atoms in total. The number of aromatic nitrogens is 4. The second-order valence-electron chi connectivity index (χ2n) is 4.04. The van der Waals surface area contributed by atoms with Crippen LogP contribution in [0.5, 0.6) is 0 Å². The topological polar surface area (TPSA) is 142 Å². The Morgan fingerprint density at radius 1 is 1.62 bits per heavy atom. The fourth-order valence-electron chi connectivity index (χ4n) is 1.56. The molecule has 4 N–H and O–H groups in total. The van der Waals surface area contributed by atoms with E-state index in [1.165, 1.54) is 10.9 Å². The van der Waals surface area contributed by atoms with E-state index in [4.69, 9.17) is 19.1 Å². The highest BCUT2D eigenvalue weighted by Crippen LogP contribution is 2.08. The van der Waals surface area contributed by atoms with Gasteiger partial charge in [0.1, 0.15) is 12.8 Å². The lowest BCUT2D eigenvalue weighted by molar-refractivity contribution is -0.114. The summed E-state index contributed by atoms with van der Waals surface area (Å²) in [5.74, 6) is -1.65. The van der Waals surface area contributed by atoms with Crippen molar-refractivity contribution < 1.29 is 23.9 Å². The van der Waals surface area contributed by atoms with Crippen LogP contribution in [0.4, 0.5) is 5.95 Å².